The minimum Gasteiger partial charge on any atom is -0.334 e. The molecular formula is C18H21ClN4O. The first-order valence-corrected chi connectivity index (χ1v) is 8.58. The van der Waals surface area contributed by atoms with E-state index in [2.05, 4.69) is 16.9 Å². The highest BCUT2D eigenvalue weighted by Crippen LogP contribution is 2.32. The molecule has 1 fully saturated rings. The molecule has 0 unspecified atom stereocenters. The summed E-state index contributed by atoms with van der Waals surface area (Å²) >= 11 is 6.37. The van der Waals surface area contributed by atoms with Crippen LogP contribution in [0, 0.1) is 5.92 Å². The van der Waals surface area contributed by atoms with Gasteiger partial charge in [-0.3, -0.25) is 4.79 Å². The van der Waals surface area contributed by atoms with Gasteiger partial charge in [0.05, 0.1) is 16.1 Å². The monoisotopic (exact) mass is 344 g/mol. The third kappa shape index (κ3) is 3.14. The Kier molecular flexibility index (Phi) is 5.11. The average Bonchev–Trinajstić information content (AvgIpc) is 2.61. The SMILES string of the molecule is C[C@@H]1CCCN(C(=O)c2cccc(Cl)c2-c2ncccn2)[C@@H]1CN. The first-order chi connectivity index (χ1) is 11.6. The second-order valence-corrected chi connectivity index (χ2v) is 6.56. The number of aromatic nitrogens is 2. The van der Waals surface area contributed by atoms with Crippen LogP contribution in [0.15, 0.2) is 36.7 Å². The molecule has 1 saturated heterocycles. The summed E-state index contributed by atoms with van der Waals surface area (Å²) < 4.78 is 0. The van der Waals surface area contributed by atoms with Crippen LogP contribution in [0.25, 0.3) is 11.4 Å². The van der Waals surface area contributed by atoms with Crippen LogP contribution in [0.1, 0.15) is 30.1 Å². The van der Waals surface area contributed by atoms with Crippen molar-refractivity contribution in [2.24, 2.45) is 11.7 Å². The van der Waals surface area contributed by atoms with Gasteiger partial charge in [-0.05, 0) is 37.0 Å². The quantitative estimate of drug-likeness (QED) is 0.929. The van der Waals surface area contributed by atoms with Crippen molar-refractivity contribution in [3.63, 3.8) is 0 Å². The Labute approximate surface area is 146 Å². The molecule has 126 valence electrons. The molecule has 1 aliphatic rings. The molecule has 0 aliphatic carbocycles. The van der Waals surface area contributed by atoms with Crippen LogP contribution in [0.2, 0.25) is 5.02 Å². The van der Waals surface area contributed by atoms with Gasteiger partial charge in [0, 0.05) is 31.5 Å². The van der Waals surface area contributed by atoms with Crippen molar-refractivity contribution in [1.29, 1.82) is 0 Å². The smallest absolute Gasteiger partial charge is 0.254 e. The number of carbonyl (C=O) groups is 1. The van der Waals surface area contributed by atoms with E-state index in [-0.39, 0.29) is 11.9 Å². The van der Waals surface area contributed by atoms with E-state index in [1.165, 1.54) is 0 Å². The lowest BCUT2D eigenvalue weighted by atomic mass is 9.90. The van der Waals surface area contributed by atoms with Crippen LogP contribution in [-0.2, 0) is 0 Å². The zero-order valence-corrected chi connectivity index (χ0v) is 14.4. The number of amides is 1. The number of nitrogens with zero attached hydrogens (tertiary/aromatic N) is 3. The molecule has 6 heteroatoms. The summed E-state index contributed by atoms with van der Waals surface area (Å²) in [5.41, 5.74) is 7.05. The summed E-state index contributed by atoms with van der Waals surface area (Å²) in [7, 11) is 0. The van der Waals surface area contributed by atoms with Gasteiger partial charge >= 0.3 is 0 Å². The molecule has 3 rings (SSSR count). The number of nitrogens with two attached hydrogens (primary N) is 1. The van der Waals surface area contributed by atoms with E-state index < -0.39 is 0 Å². The maximum atomic E-state index is 13.2. The van der Waals surface area contributed by atoms with Gasteiger partial charge in [-0.2, -0.15) is 0 Å². The highest BCUT2D eigenvalue weighted by atomic mass is 35.5. The lowest BCUT2D eigenvalue weighted by molar-refractivity contribution is 0.0533. The van der Waals surface area contributed by atoms with E-state index in [4.69, 9.17) is 17.3 Å². The molecule has 0 spiro atoms. The molecule has 2 N–H and O–H groups in total. The molecule has 1 aliphatic heterocycles. The standard InChI is InChI=1S/C18H21ClN4O/c1-12-5-3-10-23(15(12)11-20)18(24)13-6-2-7-14(19)16(13)17-21-8-4-9-22-17/h2,4,6-9,12,15H,3,5,10-11,20H2,1H3/t12-,15-/m1/s1. The third-order valence-electron chi connectivity index (χ3n) is 4.65. The number of hydrogen-bond donors (Lipinski definition) is 1. The van der Waals surface area contributed by atoms with Crippen LogP contribution in [0.3, 0.4) is 0 Å². The van der Waals surface area contributed by atoms with Crippen molar-refractivity contribution in [2.75, 3.05) is 13.1 Å². The van der Waals surface area contributed by atoms with Gasteiger partial charge < -0.3 is 10.6 Å². The van der Waals surface area contributed by atoms with Gasteiger partial charge in [-0.15, -0.1) is 0 Å². The van der Waals surface area contributed by atoms with Gasteiger partial charge in [0.1, 0.15) is 0 Å². The number of likely N-dealkylation sites (tertiary alicyclic amines) is 1. The summed E-state index contributed by atoms with van der Waals surface area (Å²) in [5.74, 6) is 0.797. The van der Waals surface area contributed by atoms with Crippen molar-refractivity contribution >= 4 is 17.5 Å². The van der Waals surface area contributed by atoms with Crippen LogP contribution in [0.5, 0.6) is 0 Å². The Morgan fingerprint density at radius 1 is 1.33 bits per heavy atom. The van der Waals surface area contributed by atoms with Crippen LogP contribution in [-0.4, -0.2) is 39.9 Å². The second kappa shape index (κ2) is 7.28. The summed E-state index contributed by atoms with van der Waals surface area (Å²) in [5, 5.41) is 0.474. The lowest BCUT2D eigenvalue weighted by Gasteiger charge is -2.39. The van der Waals surface area contributed by atoms with Crippen LogP contribution in [0.4, 0.5) is 0 Å². The number of benzene rings is 1. The Bertz CT molecular complexity index is 722. The normalized spacial score (nSPS) is 20.9. The van der Waals surface area contributed by atoms with Crippen molar-refractivity contribution < 1.29 is 4.79 Å². The number of hydrogen-bond acceptors (Lipinski definition) is 4. The van der Waals surface area contributed by atoms with E-state index in [0.29, 0.717) is 41.0 Å². The maximum absolute atomic E-state index is 13.2. The number of piperidine rings is 1. The van der Waals surface area contributed by atoms with Gasteiger partial charge in [-0.1, -0.05) is 24.6 Å². The third-order valence-corrected chi connectivity index (χ3v) is 4.97. The number of halogens is 1. The fraction of sp³-hybridized carbons (Fsp3) is 0.389. The largest absolute Gasteiger partial charge is 0.334 e. The summed E-state index contributed by atoms with van der Waals surface area (Å²) in [4.78, 5) is 23.6. The number of rotatable bonds is 3. The zero-order chi connectivity index (χ0) is 17.1. The van der Waals surface area contributed by atoms with Crippen molar-refractivity contribution in [3.05, 3.63) is 47.2 Å². The van der Waals surface area contributed by atoms with Gasteiger partial charge in [0.2, 0.25) is 0 Å². The predicted molar refractivity (Wildman–Crippen MR) is 94.8 cm³/mol. The topological polar surface area (TPSA) is 72.1 Å². The van der Waals surface area contributed by atoms with E-state index in [9.17, 15) is 4.79 Å². The van der Waals surface area contributed by atoms with E-state index in [1.54, 1.807) is 36.7 Å². The van der Waals surface area contributed by atoms with Gasteiger partial charge in [0.25, 0.3) is 5.91 Å². The van der Waals surface area contributed by atoms with E-state index >= 15 is 0 Å². The zero-order valence-electron chi connectivity index (χ0n) is 13.7. The Morgan fingerprint density at radius 3 is 2.79 bits per heavy atom. The van der Waals surface area contributed by atoms with Crippen LogP contribution >= 0.6 is 11.6 Å². The fourth-order valence-corrected chi connectivity index (χ4v) is 3.63. The van der Waals surface area contributed by atoms with Crippen molar-refractivity contribution in [2.45, 2.75) is 25.8 Å². The number of carbonyl (C=O) groups excluding carboxylic acids is 1. The molecule has 0 radical (unpaired) electrons. The highest BCUT2D eigenvalue weighted by Gasteiger charge is 2.32. The molecule has 2 atom stereocenters. The fourth-order valence-electron chi connectivity index (χ4n) is 3.37. The van der Waals surface area contributed by atoms with E-state index in [0.717, 1.165) is 12.8 Å². The minimum absolute atomic E-state index is 0.0507. The van der Waals surface area contributed by atoms with Gasteiger partial charge in [-0.25, -0.2) is 9.97 Å². The molecule has 5 nitrogen and oxygen atoms in total. The van der Waals surface area contributed by atoms with E-state index in [1.807, 2.05) is 4.90 Å². The Morgan fingerprint density at radius 2 is 2.08 bits per heavy atom. The molecular weight excluding hydrogens is 324 g/mol. The molecule has 0 saturated carbocycles. The first-order valence-electron chi connectivity index (χ1n) is 8.20. The predicted octanol–water partition coefficient (Wildman–Crippen LogP) is 3.00. The Hall–Kier alpha value is -1.98. The van der Waals surface area contributed by atoms with Gasteiger partial charge in [0.15, 0.2) is 5.82 Å². The molecule has 1 aromatic carbocycles. The van der Waals surface area contributed by atoms with Crippen LogP contribution < -0.4 is 5.73 Å². The molecule has 2 heterocycles. The first kappa shape index (κ1) is 16.9. The summed E-state index contributed by atoms with van der Waals surface area (Å²) in [6.07, 6.45) is 5.37. The summed E-state index contributed by atoms with van der Waals surface area (Å²) in [6, 6.07) is 7.11. The van der Waals surface area contributed by atoms with Crippen molar-refractivity contribution in [1.82, 2.24) is 14.9 Å². The lowest BCUT2D eigenvalue weighted by Crippen LogP contribution is -2.51. The Balaban J connectivity index is 2.03. The minimum atomic E-state index is -0.0537. The molecule has 1 aromatic heterocycles. The summed E-state index contributed by atoms with van der Waals surface area (Å²) in [6.45, 7) is 3.33. The maximum Gasteiger partial charge on any atom is 0.254 e. The average molecular weight is 345 g/mol. The molecule has 1 amide bonds. The molecule has 2 aromatic rings. The second-order valence-electron chi connectivity index (χ2n) is 6.16. The van der Waals surface area contributed by atoms with Crippen molar-refractivity contribution in [3.8, 4) is 11.4 Å². The molecule has 24 heavy (non-hydrogen) atoms. The molecule has 0 bridgehead atoms. The highest BCUT2D eigenvalue weighted by molar-refractivity contribution is 6.34.